The molecule has 5 rings (SSSR count). The minimum Gasteiger partial charge on any atom is -0.0312 e. The van der Waals surface area contributed by atoms with Crippen molar-refractivity contribution in [2.45, 2.75) is 0 Å². The second-order valence-electron chi connectivity index (χ2n) is 7.60. The fourth-order valence-corrected chi connectivity index (χ4v) is 12.9. The van der Waals surface area contributed by atoms with Gasteiger partial charge in [0, 0.05) is 17.1 Å². The number of benzene rings is 3. The molecule has 0 amide bonds. The Hall–Kier alpha value is -0.661. The maximum absolute atomic E-state index is 2.84. The molecule has 0 atom stereocenters. The maximum atomic E-state index is 2.84. The van der Waals surface area contributed by atoms with Crippen LogP contribution in [0.15, 0.2) is 91.0 Å². The number of rotatable bonds is 5. The van der Waals surface area contributed by atoms with E-state index in [2.05, 4.69) is 139 Å². The van der Waals surface area contributed by atoms with Crippen molar-refractivity contribution in [2.75, 3.05) is 6.16 Å². The Morgan fingerprint density at radius 1 is 0.469 bits per heavy atom. The average molecular weight is 588 g/mol. The molecule has 0 N–H and O–H groups in total. The van der Waals surface area contributed by atoms with Gasteiger partial charge in [0.05, 0.1) is 0 Å². The maximum Gasteiger partial charge on any atom is 0 e. The molecular formula is C29H26FeIP. The first kappa shape index (κ1) is 26.0. The van der Waals surface area contributed by atoms with Crippen LogP contribution in [0.25, 0.3) is 0 Å². The van der Waals surface area contributed by atoms with Gasteiger partial charge in [-0.2, -0.15) is 0 Å². The Bertz CT molecular complexity index is 812. The van der Waals surface area contributed by atoms with Crippen molar-refractivity contribution >= 4 is 42.2 Å². The largest absolute Gasteiger partial charge is 0.0312 e. The molecule has 0 nitrogen and oxygen atoms in total. The van der Waals surface area contributed by atoms with Gasteiger partial charge in [0.2, 0.25) is 0 Å². The van der Waals surface area contributed by atoms with Gasteiger partial charge < -0.3 is 0 Å². The molecule has 0 aliphatic heterocycles. The van der Waals surface area contributed by atoms with E-state index in [-0.39, 0.29) is 17.1 Å². The van der Waals surface area contributed by atoms with Gasteiger partial charge in [0.15, 0.2) is 0 Å². The summed E-state index contributed by atoms with van der Waals surface area (Å²) < 4.78 is -2.67. The van der Waals surface area contributed by atoms with Crippen LogP contribution >= 0.6 is 26.3 Å². The van der Waals surface area contributed by atoms with E-state index in [9.17, 15) is 0 Å². The normalized spacial score (nSPS) is 17.5. The fraction of sp³-hybridized carbons (Fsp3) is 0.0345. The molecule has 162 valence electrons. The van der Waals surface area contributed by atoms with E-state index in [1.54, 1.807) is 0 Å². The van der Waals surface area contributed by atoms with Crippen LogP contribution in [-0.2, 0) is 17.1 Å². The van der Waals surface area contributed by atoms with Crippen LogP contribution < -0.4 is 15.9 Å². The van der Waals surface area contributed by atoms with E-state index >= 15 is 0 Å². The first-order valence-corrected chi connectivity index (χ1v) is 15.7. The molecule has 3 aromatic rings. The van der Waals surface area contributed by atoms with Gasteiger partial charge in [0.25, 0.3) is 0 Å². The van der Waals surface area contributed by atoms with Crippen LogP contribution in [0.5, 0.6) is 0 Å². The zero-order valence-corrected chi connectivity index (χ0v) is 21.9. The molecule has 0 heterocycles. The number of halogens is 1. The fourth-order valence-electron chi connectivity index (χ4n) is 4.12. The van der Waals surface area contributed by atoms with Gasteiger partial charge in [0.1, 0.15) is 0 Å². The number of hydrogen-bond acceptors (Lipinski definition) is 0. The molecule has 2 saturated carbocycles. The molecule has 3 aromatic carbocycles. The molecule has 10 radical (unpaired) electrons. The van der Waals surface area contributed by atoms with Crippen LogP contribution in [-0.4, -0.2) is 6.16 Å². The van der Waals surface area contributed by atoms with Crippen LogP contribution in [0.1, 0.15) is 0 Å². The van der Waals surface area contributed by atoms with Gasteiger partial charge in [-0.25, -0.2) is 0 Å². The minimum absolute atomic E-state index is 0. The summed E-state index contributed by atoms with van der Waals surface area (Å²) in [4.78, 5) is 0. The Balaban J connectivity index is 0.000000427. The second-order valence-corrected chi connectivity index (χ2v) is 18.2. The summed E-state index contributed by atoms with van der Waals surface area (Å²) in [5.41, 5.74) is 0. The van der Waals surface area contributed by atoms with Crippen molar-refractivity contribution in [3.05, 3.63) is 155 Å². The van der Waals surface area contributed by atoms with Gasteiger partial charge in [-0.05, 0) is 32.1 Å². The van der Waals surface area contributed by atoms with E-state index in [0.717, 1.165) is 6.16 Å². The third-order valence-corrected chi connectivity index (χ3v) is 16.8. The summed E-state index contributed by atoms with van der Waals surface area (Å²) in [6.45, 7) is 0. The van der Waals surface area contributed by atoms with Crippen molar-refractivity contribution in [1.82, 2.24) is 0 Å². The van der Waals surface area contributed by atoms with Crippen LogP contribution in [0.4, 0.5) is 0 Å². The summed E-state index contributed by atoms with van der Waals surface area (Å²) in [5, 5.41) is 4.29. The summed E-state index contributed by atoms with van der Waals surface area (Å²) in [7, 11) is 0. The minimum atomic E-state index is -2.67. The third kappa shape index (κ3) is 5.52. The molecule has 3 heteroatoms. The zero-order valence-electron chi connectivity index (χ0n) is 17.7. The average Bonchev–Trinajstić information content (AvgIpc) is 3.58. The van der Waals surface area contributed by atoms with Crippen molar-refractivity contribution in [3.8, 4) is 0 Å². The summed E-state index contributed by atoms with van der Waals surface area (Å²) in [5.74, 6) is 1.40. The Morgan fingerprint density at radius 3 is 1.09 bits per heavy atom. The Labute approximate surface area is 218 Å². The molecule has 0 unspecified atom stereocenters. The molecule has 0 bridgehead atoms. The second kappa shape index (κ2) is 12.2. The van der Waals surface area contributed by atoms with E-state index in [4.69, 9.17) is 0 Å². The molecule has 2 fully saturated rings. The van der Waals surface area contributed by atoms with Crippen LogP contribution in [0.3, 0.4) is 0 Å². The SMILES string of the molecule is IP(C[C]1[CH][CH][CH][CH]1)(c1ccccc1)(c1ccccc1)c1ccccc1.[CH]1[CH][CH][CH][CH]1.[Fe]. The van der Waals surface area contributed by atoms with Crippen molar-refractivity contribution < 1.29 is 17.1 Å². The summed E-state index contributed by atoms with van der Waals surface area (Å²) in [6, 6.07) is 33.2. The first-order valence-electron chi connectivity index (χ1n) is 10.5. The molecule has 0 spiro atoms. The van der Waals surface area contributed by atoms with Crippen molar-refractivity contribution in [3.63, 3.8) is 0 Å². The zero-order chi connectivity index (χ0) is 21.4. The first-order chi connectivity index (χ1) is 15.2. The van der Waals surface area contributed by atoms with Gasteiger partial charge in [-0.1, -0.05) is 0 Å². The topological polar surface area (TPSA) is 0 Å². The Kier molecular flexibility index (Phi) is 9.86. The van der Waals surface area contributed by atoms with Gasteiger partial charge in [-0.3, -0.25) is 0 Å². The Morgan fingerprint density at radius 2 is 0.781 bits per heavy atom. The van der Waals surface area contributed by atoms with Crippen LogP contribution in [0, 0.1) is 63.7 Å². The van der Waals surface area contributed by atoms with E-state index < -0.39 is 4.25 Å². The smallest absolute Gasteiger partial charge is 0 e. The predicted molar refractivity (Wildman–Crippen MR) is 146 cm³/mol. The van der Waals surface area contributed by atoms with E-state index in [1.807, 2.05) is 32.1 Å². The monoisotopic (exact) mass is 588 g/mol. The standard InChI is InChI=1S/C24H21IP.C5H5.Fe/c25-26(20-21-12-10-11-13-21,22-14-4-1-5-15-22,23-16-6-2-7-17-23)24-18-8-3-9-19-24;1-2-4-5-3-1;/h1-19H,20H2;1-5H;. The molecular weight excluding hydrogens is 562 g/mol. The predicted octanol–water partition coefficient (Wildman–Crippen LogP) is 6.29. The molecule has 32 heavy (non-hydrogen) atoms. The quantitative estimate of drug-likeness (QED) is 0.187. The van der Waals surface area contributed by atoms with Crippen molar-refractivity contribution in [1.29, 1.82) is 0 Å². The molecule has 2 aliphatic rings. The van der Waals surface area contributed by atoms with Crippen LogP contribution in [0.2, 0.25) is 0 Å². The molecule has 2 aliphatic carbocycles. The van der Waals surface area contributed by atoms with Gasteiger partial charge in [-0.15, -0.1) is 0 Å². The number of hydrogen-bond donors (Lipinski definition) is 0. The molecule has 0 aromatic heterocycles. The van der Waals surface area contributed by atoms with Crippen molar-refractivity contribution in [2.24, 2.45) is 0 Å². The molecule has 0 saturated heterocycles. The van der Waals surface area contributed by atoms with E-state index in [0.29, 0.717) is 0 Å². The van der Waals surface area contributed by atoms with E-state index in [1.165, 1.54) is 21.8 Å². The van der Waals surface area contributed by atoms with Gasteiger partial charge >= 0.3 is 171 Å². The summed E-state index contributed by atoms with van der Waals surface area (Å²) >= 11 is 2.84. The summed E-state index contributed by atoms with van der Waals surface area (Å²) in [6.07, 6.45) is 19.8. The third-order valence-electron chi connectivity index (χ3n) is 5.65.